The van der Waals surface area contributed by atoms with E-state index in [1.54, 1.807) is 0 Å². The lowest BCUT2D eigenvalue weighted by molar-refractivity contribution is -0.151. The van der Waals surface area contributed by atoms with E-state index >= 15 is 0 Å². The highest BCUT2D eigenvalue weighted by molar-refractivity contribution is 5.77. The summed E-state index contributed by atoms with van der Waals surface area (Å²) in [5.41, 5.74) is 0. The molecule has 380 valence electrons. The Bertz CT molecular complexity index is 970. The first-order valence-electron chi connectivity index (χ1n) is 28.9. The lowest BCUT2D eigenvalue weighted by atomic mass is 10.0. The van der Waals surface area contributed by atoms with E-state index in [9.17, 15) is 19.8 Å². The summed E-state index contributed by atoms with van der Waals surface area (Å²) >= 11 is 0. The third-order valence-corrected chi connectivity index (χ3v) is 13.6. The number of rotatable bonds is 53. The summed E-state index contributed by atoms with van der Waals surface area (Å²) in [5, 5.41) is 23.9. The van der Waals surface area contributed by atoms with Crippen LogP contribution in [0.4, 0.5) is 0 Å². The Hall–Kier alpha value is -1.40. The molecular weight excluding hydrogens is 791 g/mol. The van der Waals surface area contributed by atoms with Crippen LogP contribution >= 0.6 is 0 Å². The Labute approximate surface area is 399 Å². The van der Waals surface area contributed by atoms with Crippen LogP contribution in [-0.4, -0.2) is 46.9 Å². The molecule has 64 heavy (non-hydrogen) atoms. The van der Waals surface area contributed by atoms with E-state index in [4.69, 9.17) is 4.74 Å². The number of hydrogen-bond donors (Lipinski definition) is 3. The highest BCUT2D eigenvalue weighted by atomic mass is 16.5. The van der Waals surface area contributed by atoms with Gasteiger partial charge in [0.15, 0.2) is 0 Å². The van der Waals surface area contributed by atoms with Gasteiger partial charge in [-0.25, -0.2) is 0 Å². The number of aliphatic hydroxyl groups excluding tert-OH is 2. The molecule has 0 aliphatic carbocycles. The van der Waals surface area contributed by atoms with Crippen molar-refractivity contribution in [2.24, 2.45) is 0 Å². The third-order valence-electron chi connectivity index (χ3n) is 13.6. The van der Waals surface area contributed by atoms with Gasteiger partial charge in [-0.2, -0.15) is 0 Å². The maximum absolute atomic E-state index is 13.2. The number of nitrogens with one attached hydrogen (secondary N) is 1. The number of aliphatic hydroxyl groups is 2. The van der Waals surface area contributed by atoms with E-state index in [1.807, 2.05) is 0 Å². The Morgan fingerprint density at radius 1 is 0.438 bits per heavy atom. The van der Waals surface area contributed by atoms with Crippen molar-refractivity contribution in [2.75, 3.05) is 6.61 Å². The highest BCUT2D eigenvalue weighted by Crippen LogP contribution is 2.19. The number of carbonyl (C=O) groups excluding carboxylic acids is 2. The topological polar surface area (TPSA) is 95.9 Å². The number of amides is 1. The first-order chi connectivity index (χ1) is 31.5. The van der Waals surface area contributed by atoms with Gasteiger partial charge in [0.2, 0.25) is 5.91 Å². The average molecular weight is 905 g/mol. The molecule has 3 unspecified atom stereocenters. The largest absolute Gasteiger partial charge is 0.462 e. The molecule has 0 fully saturated rings. The predicted molar refractivity (Wildman–Crippen MR) is 278 cm³/mol. The van der Waals surface area contributed by atoms with Crippen molar-refractivity contribution >= 4 is 11.9 Å². The molecule has 0 spiro atoms. The van der Waals surface area contributed by atoms with Crippen LogP contribution in [0.25, 0.3) is 0 Å². The molecule has 0 rings (SSSR count). The van der Waals surface area contributed by atoms with Gasteiger partial charge in [0.1, 0.15) is 6.10 Å². The number of ether oxygens (including phenoxy) is 1. The van der Waals surface area contributed by atoms with Crippen LogP contribution in [-0.2, 0) is 14.3 Å². The monoisotopic (exact) mass is 904 g/mol. The molecule has 0 saturated heterocycles. The van der Waals surface area contributed by atoms with Crippen LogP contribution in [0.5, 0.6) is 0 Å². The molecule has 0 heterocycles. The maximum Gasteiger partial charge on any atom is 0.306 e. The molecule has 0 aliphatic rings. The van der Waals surface area contributed by atoms with Gasteiger partial charge in [0.05, 0.1) is 25.2 Å². The Morgan fingerprint density at radius 2 is 0.750 bits per heavy atom. The van der Waals surface area contributed by atoms with Gasteiger partial charge in [-0.3, -0.25) is 9.59 Å². The van der Waals surface area contributed by atoms with Crippen molar-refractivity contribution < 1.29 is 24.5 Å². The minimum Gasteiger partial charge on any atom is -0.462 e. The first-order valence-corrected chi connectivity index (χ1v) is 28.9. The van der Waals surface area contributed by atoms with E-state index in [2.05, 4.69) is 38.2 Å². The number of esters is 1. The molecule has 0 saturated carbocycles. The van der Waals surface area contributed by atoms with Gasteiger partial charge in [-0.1, -0.05) is 270 Å². The van der Waals surface area contributed by atoms with Crippen molar-refractivity contribution in [2.45, 2.75) is 341 Å². The summed E-state index contributed by atoms with van der Waals surface area (Å²) in [6, 6.07) is -0.700. The van der Waals surface area contributed by atoms with Crippen LogP contribution in [0, 0.1) is 0 Å². The third kappa shape index (κ3) is 47.1. The van der Waals surface area contributed by atoms with Crippen LogP contribution in [0.15, 0.2) is 12.2 Å². The second kappa shape index (κ2) is 52.6. The predicted octanol–water partition coefficient (Wildman–Crippen LogP) is 17.7. The maximum atomic E-state index is 13.2. The van der Waals surface area contributed by atoms with Gasteiger partial charge in [-0.15, -0.1) is 0 Å². The van der Waals surface area contributed by atoms with Crippen LogP contribution in [0.3, 0.4) is 0 Å². The molecule has 0 aromatic rings. The van der Waals surface area contributed by atoms with Gasteiger partial charge in [-0.05, 0) is 51.4 Å². The molecule has 0 radical (unpaired) electrons. The Morgan fingerprint density at radius 3 is 1.14 bits per heavy atom. The molecule has 0 aromatic carbocycles. The first kappa shape index (κ1) is 62.6. The van der Waals surface area contributed by atoms with Crippen LogP contribution < -0.4 is 5.32 Å². The number of hydrogen-bond acceptors (Lipinski definition) is 5. The fourth-order valence-electron chi connectivity index (χ4n) is 9.19. The molecule has 0 aromatic heterocycles. The standard InChI is InChI=1S/C58H113NO5/c1-4-7-10-13-16-19-22-24-26-28-30-32-34-36-39-42-45-48-51-58(63)64-54(49-46-43-40-37-21-18-15-12-9-6-3)52-57(62)59-55(53-60)56(61)50-47-44-41-38-35-33-31-29-27-25-23-20-17-14-11-8-5-2/h18,21,54-56,60-61H,4-17,19-20,22-53H2,1-3H3,(H,59,62)/b21-18-. The SMILES string of the molecule is CCCCC/C=C\CCCCCC(CC(=O)NC(CO)C(O)CCCCCCCCCCCCCCCCCCC)OC(=O)CCCCCCCCCCCCCCCCCCCC. The molecule has 0 bridgehead atoms. The van der Waals surface area contributed by atoms with Crippen molar-refractivity contribution in [3.8, 4) is 0 Å². The Kier molecular flexibility index (Phi) is 51.4. The van der Waals surface area contributed by atoms with E-state index in [-0.39, 0.29) is 24.9 Å². The zero-order valence-corrected chi connectivity index (χ0v) is 43.4. The van der Waals surface area contributed by atoms with Gasteiger partial charge in [0.25, 0.3) is 0 Å². The molecule has 3 atom stereocenters. The number of unbranched alkanes of at least 4 members (excludes halogenated alkanes) is 39. The van der Waals surface area contributed by atoms with Crippen LogP contribution in [0.2, 0.25) is 0 Å². The molecule has 1 amide bonds. The Balaban J connectivity index is 4.37. The summed E-state index contributed by atoms with van der Waals surface area (Å²) in [5.74, 6) is -0.469. The molecule has 6 nitrogen and oxygen atoms in total. The summed E-state index contributed by atoms with van der Waals surface area (Å²) < 4.78 is 5.94. The second-order valence-electron chi connectivity index (χ2n) is 20.1. The van der Waals surface area contributed by atoms with E-state index in [0.717, 1.165) is 64.2 Å². The molecule has 0 aliphatic heterocycles. The molecular formula is C58H113NO5. The van der Waals surface area contributed by atoms with Gasteiger partial charge in [0, 0.05) is 6.42 Å². The normalized spacial score (nSPS) is 13.1. The lowest BCUT2D eigenvalue weighted by Gasteiger charge is -2.24. The zero-order valence-electron chi connectivity index (χ0n) is 43.4. The quantitative estimate of drug-likeness (QED) is 0.0321. The lowest BCUT2D eigenvalue weighted by Crippen LogP contribution is -2.46. The van der Waals surface area contributed by atoms with Crippen LogP contribution in [0.1, 0.15) is 323 Å². The number of carbonyl (C=O) groups is 2. The minimum absolute atomic E-state index is 0.0739. The summed E-state index contributed by atoms with van der Waals surface area (Å²) in [6.45, 7) is 6.50. The minimum atomic E-state index is -0.786. The van der Waals surface area contributed by atoms with Crippen molar-refractivity contribution in [3.05, 3.63) is 12.2 Å². The van der Waals surface area contributed by atoms with Crippen molar-refractivity contribution in [1.29, 1.82) is 0 Å². The van der Waals surface area contributed by atoms with E-state index < -0.39 is 18.2 Å². The molecule has 6 heteroatoms. The van der Waals surface area contributed by atoms with E-state index in [1.165, 1.54) is 212 Å². The fourth-order valence-corrected chi connectivity index (χ4v) is 9.19. The zero-order chi connectivity index (χ0) is 46.7. The fraction of sp³-hybridized carbons (Fsp3) is 0.931. The smallest absolute Gasteiger partial charge is 0.306 e. The second-order valence-corrected chi connectivity index (χ2v) is 20.1. The summed E-state index contributed by atoms with van der Waals surface area (Å²) in [7, 11) is 0. The average Bonchev–Trinajstić information content (AvgIpc) is 3.29. The van der Waals surface area contributed by atoms with Crippen molar-refractivity contribution in [1.82, 2.24) is 5.32 Å². The van der Waals surface area contributed by atoms with E-state index in [0.29, 0.717) is 19.3 Å². The summed E-state index contributed by atoms with van der Waals surface area (Å²) in [6.07, 6.45) is 60.0. The van der Waals surface area contributed by atoms with Crippen molar-refractivity contribution in [3.63, 3.8) is 0 Å². The number of allylic oxidation sites excluding steroid dienone is 2. The van der Waals surface area contributed by atoms with Gasteiger partial charge < -0.3 is 20.3 Å². The molecule has 3 N–H and O–H groups in total. The summed E-state index contributed by atoms with van der Waals surface area (Å²) in [4.78, 5) is 26.2. The van der Waals surface area contributed by atoms with Gasteiger partial charge >= 0.3 is 5.97 Å². The highest BCUT2D eigenvalue weighted by Gasteiger charge is 2.24.